The number of aryl methyl sites for hydroxylation is 2. The van der Waals surface area contributed by atoms with E-state index in [0.717, 1.165) is 24.7 Å². The lowest BCUT2D eigenvalue weighted by Gasteiger charge is -2.11. The average Bonchev–Trinajstić information content (AvgIpc) is 2.55. The Morgan fingerprint density at radius 1 is 1.50 bits per heavy atom. The fraction of sp³-hybridized carbons (Fsp3) is 0.727. The van der Waals surface area contributed by atoms with Gasteiger partial charge in [-0.05, 0) is 19.8 Å². The minimum absolute atomic E-state index is 0.706. The second-order valence-electron chi connectivity index (χ2n) is 3.89. The lowest BCUT2D eigenvalue weighted by atomic mass is 10.1. The molecule has 1 N–H and O–H groups in total. The van der Waals surface area contributed by atoms with E-state index in [-0.39, 0.29) is 0 Å². The van der Waals surface area contributed by atoms with Crippen LogP contribution in [0.25, 0.3) is 0 Å². The quantitative estimate of drug-likeness (QED) is 0.782. The first kappa shape index (κ1) is 11.1. The molecule has 0 fully saturated rings. The first-order valence-corrected chi connectivity index (χ1v) is 5.45. The predicted molar refractivity (Wildman–Crippen MR) is 60.6 cm³/mol. The fourth-order valence-corrected chi connectivity index (χ4v) is 1.34. The van der Waals surface area contributed by atoms with Gasteiger partial charge in [0.15, 0.2) is 0 Å². The highest BCUT2D eigenvalue weighted by Gasteiger charge is 2.04. The molecule has 0 bridgehead atoms. The third-order valence-corrected chi connectivity index (χ3v) is 2.54. The second kappa shape index (κ2) is 5.03. The summed E-state index contributed by atoms with van der Waals surface area (Å²) in [6.07, 6.45) is 3.29. The van der Waals surface area contributed by atoms with E-state index in [4.69, 9.17) is 0 Å². The van der Waals surface area contributed by atoms with Gasteiger partial charge in [-0.25, -0.2) is 4.98 Å². The first-order valence-electron chi connectivity index (χ1n) is 5.45. The van der Waals surface area contributed by atoms with Crippen LogP contribution in [-0.2, 0) is 6.54 Å². The van der Waals surface area contributed by atoms with Gasteiger partial charge in [0.2, 0.25) is 5.95 Å². The van der Waals surface area contributed by atoms with Crippen LogP contribution in [0, 0.1) is 12.8 Å². The second-order valence-corrected chi connectivity index (χ2v) is 3.89. The Kier molecular flexibility index (Phi) is 3.98. The van der Waals surface area contributed by atoms with Gasteiger partial charge in [0.25, 0.3) is 0 Å². The number of hydrogen-bond acceptors (Lipinski definition) is 2. The van der Waals surface area contributed by atoms with E-state index in [1.54, 1.807) is 0 Å². The van der Waals surface area contributed by atoms with Crippen molar-refractivity contribution >= 4 is 5.95 Å². The van der Waals surface area contributed by atoms with Crippen LogP contribution in [0.1, 0.15) is 32.9 Å². The number of imidazole rings is 1. The molecule has 0 aliphatic heterocycles. The smallest absolute Gasteiger partial charge is 0.203 e. The topological polar surface area (TPSA) is 29.9 Å². The Morgan fingerprint density at radius 2 is 2.21 bits per heavy atom. The summed E-state index contributed by atoms with van der Waals surface area (Å²) in [7, 11) is 0. The zero-order chi connectivity index (χ0) is 10.6. The summed E-state index contributed by atoms with van der Waals surface area (Å²) in [5.41, 5.74) is 1.08. The summed E-state index contributed by atoms with van der Waals surface area (Å²) in [5.74, 6) is 1.71. The van der Waals surface area contributed by atoms with Gasteiger partial charge in [0, 0.05) is 19.3 Å². The van der Waals surface area contributed by atoms with Gasteiger partial charge < -0.3 is 9.88 Å². The number of hydrogen-bond donors (Lipinski definition) is 1. The van der Waals surface area contributed by atoms with Gasteiger partial charge in [0.05, 0.1) is 5.69 Å². The molecule has 1 heterocycles. The highest BCUT2D eigenvalue weighted by atomic mass is 15.2. The van der Waals surface area contributed by atoms with Gasteiger partial charge in [-0.3, -0.25) is 0 Å². The van der Waals surface area contributed by atoms with Crippen molar-refractivity contribution in [2.45, 2.75) is 40.7 Å². The highest BCUT2D eigenvalue weighted by molar-refractivity contribution is 5.28. The number of rotatable bonds is 5. The molecule has 3 nitrogen and oxygen atoms in total. The van der Waals surface area contributed by atoms with Crippen molar-refractivity contribution in [3.8, 4) is 0 Å². The highest BCUT2D eigenvalue weighted by Crippen LogP contribution is 2.09. The molecule has 80 valence electrons. The Morgan fingerprint density at radius 3 is 2.79 bits per heavy atom. The summed E-state index contributed by atoms with van der Waals surface area (Å²) >= 11 is 0. The van der Waals surface area contributed by atoms with Gasteiger partial charge >= 0.3 is 0 Å². The van der Waals surface area contributed by atoms with Crippen molar-refractivity contribution in [3.63, 3.8) is 0 Å². The molecule has 1 aromatic heterocycles. The minimum atomic E-state index is 0.706. The Hall–Kier alpha value is -0.990. The molecule has 1 rings (SSSR count). The molecule has 0 aromatic carbocycles. The molecular formula is C11H21N3. The molecule has 0 spiro atoms. The third-order valence-electron chi connectivity index (χ3n) is 2.54. The van der Waals surface area contributed by atoms with Crippen molar-refractivity contribution < 1.29 is 0 Å². The van der Waals surface area contributed by atoms with Crippen molar-refractivity contribution in [2.24, 2.45) is 5.92 Å². The van der Waals surface area contributed by atoms with Crippen LogP contribution >= 0.6 is 0 Å². The molecule has 0 aliphatic rings. The zero-order valence-electron chi connectivity index (χ0n) is 9.67. The van der Waals surface area contributed by atoms with Gasteiger partial charge in [-0.2, -0.15) is 0 Å². The summed E-state index contributed by atoms with van der Waals surface area (Å²) in [4.78, 5) is 4.44. The average molecular weight is 195 g/mol. The van der Waals surface area contributed by atoms with Gasteiger partial charge in [-0.1, -0.05) is 20.3 Å². The third kappa shape index (κ3) is 2.76. The summed E-state index contributed by atoms with van der Waals surface area (Å²) < 4.78 is 2.15. The van der Waals surface area contributed by atoms with E-state index in [1.807, 2.05) is 6.92 Å². The Labute approximate surface area is 86.5 Å². The molecule has 14 heavy (non-hydrogen) atoms. The van der Waals surface area contributed by atoms with E-state index in [9.17, 15) is 0 Å². The molecule has 0 saturated heterocycles. The maximum Gasteiger partial charge on any atom is 0.203 e. The summed E-state index contributed by atoms with van der Waals surface area (Å²) in [5, 5.41) is 3.39. The van der Waals surface area contributed by atoms with E-state index in [1.165, 1.54) is 6.42 Å². The van der Waals surface area contributed by atoms with Crippen LogP contribution in [0.3, 0.4) is 0 Å². The van der Waals surface area contributed by atoms with Crippen molar-refractivity contribution in [3.05, 3.63) is 11.9 Å². The first-order chi connectivity index (χ1) is 6.67. The van der Waals surface area contributed by atoms with E-state index in [2.05, 4.69) is 41.8 Å². The minimum Gasteiger partial charge on any atom is -0.355 e. The Bertz CT molecular complexity index is 278. The maximum atomic E-state index is 4.44. The number of nitrogens with one attached hydrogen (secondary N) is 1. The largest absolute Gasteiger partial charge is 0.355 e. The normalized spacial score (nSPS) is 12.9. The van der Waals surface area contributed by atoms with Crippen LogP contribution in [0.4, 0.5) is 5.95 Å². The van der Waals surface area contributed by atoms with Crippen LogP contribution in [0.15, 0.2) is 6.20 Å². The zero-order valence-corrected chi connectivity index (χ0v) is 9.67. The lowest BCUT2D eigenvalue weighted by molar-refractivity contribution is 0.588. The van der Waals surface area contributed by atoms with E-state index >= 15 is 0 Å². The van der Waals surface area contributed by atoms with Gasteiger partial charge in [0.1, 0.15) is 0 Å². The molecule has 0 saturated carbocycles. The maximum absolute atomic E-state index is 4.44. The van der Waals surface area contributed by atoms with Gasteiger partial charge in [-0.15, -0.1) is 0 Å². The number of nitrogens with zero attached hydrogens (tertiary/aromatic N) is 2. The van der Waals surface area contributed by atoms with Crippen LogP contribution in [0.2, 0.25) is 0 Å². The molecule has 0 radical (unpaired) electrons. The van der Waals surface area contributed by atoms with Crippen LogP contribution in [0.5, 0.6) is 0 Å². The molecular weight excluding hydrogens is 174 g/mol. The van der Waals surface area contributed by atoms with Crippen LogP contribution < -0.4 is 5.32 Å². The molecule has 1 atom stereocenters. The Balaban J connectivity index is 2.57. The molecule has 0 amide bonds. The summed E-state index contributed by atoms with van der Waals surface area (Å²) in [6.45, 7) is 10.6. The van der Waals surface area contributed by atoms with E-state index in [0.29, 0.717) is 5.92 Å². The molecule has 3 heteroatoms. The molecule has 0 aliphatic carbocycles. The van der Waals surface area contributed by atoms with E-state index < -0.39 is 0 Å². The standard InChI is InChI=1S/C11H21N3/c1-5-9(3)7-12-11-13-10(4)8-14(11)6-2/h8-9H,5-7H2,1-4H3,(H,12,13). The lowest BCUT2D eigenvalue weighted by Crippen LogP contribution is -2.13. The molecule has 1 unspecified atom stereocenters. The number of aromatic nitrogens is 2. The van der Waals surface area contributed by atoms with Crippen LogP contribution in [-0.4, -0.2) is 16.1 Å². The van der Waals surface area contributed by atoms with Crippen molar-refractivity contribution in [1.29, 1.82) is 0 Å². The van der Waals surface area contributed by atoms with Crippen molar-refractivity contribution in [1.82, 2.24) is 9.55 Å². The number of anilines is 1. The predicted octanol–water partition coefficient (Wildman–Crippen LogP) is 2.67. The van der Waals surface area contributed by atoms with Crippen molar-refractivity contribution in [2.75, 3.05) is 11.9 Å². The monoisotopic (exact) mass is 195 g/mol. The molecule has 1 aromatic rings. The fourth-order valence-electron chi connectivity index (χ4n) is 1.34. The SMILES string of the molecule is CCC(C)CNc1nc(C)cn1CC. The summed E-state index contributed by atoms with van der Waals surface area (Å²) in [6, 6.07) is 0.